The Morgan fingerprint density at radius 2 is 1.88 bits per heavy atom. The standard InChI is InChI=1S/C15H16O2/c16-14-6-4-12-5-7-15(9-13(12)8-14)17-10-11-2-1-3-11/h4-9,11,16H,1-3,10H2. The minimum Gasteiger partial charge on any atom is -0.508 e. The van der Waals surface area contributed by atoms with E-state index in [2.05, 4.69) is 0 Å². The Kier molecular flexibility index (Phi) is 2.63. The fourth-order valence-corrected chi connectivity index (χ4v) is 2.18. The van der Waals surface area contributed by atoms with Gasteiger partial charge < -0.3 is 9.84 Å². The van der Waals surface area contributed by atoms with Crippen LogP contribution in [-0.2, 0) is 0 Å². The maximum absolute atomic E-state index is 9.45. The predicted molar refractivity (Wildman–Crippen MR) is 68.4 cm³/mol. The quantitative estimate of drug-likeness (QED) is 0.867. The van der Waals surface area contributed by atoms with Gasteiger partial charge in [0, 0.05) is 0 Å². The fraction of sp³-hybridized carbons (Fsp3) is 0.333. The minimum absolute atomic E-state index is 0.300. The molecule has 2 aromatic rings. The first kappa shape index (κ1) is 10.5. The lowest BCUT2D eigenvalue weighted by Gasteiger charge is -2.25. The normalized spacial score (nSPS) is 15.8. The zero-order chi connectivity index (χ0) is 11.7. The lowest BCUT2D eigenvalue weighted by Crippen LogP contribution is -2.19. The Hall–Kier alpha value is -1.70. The Balaban J connectivity index is 1.79. The third kappa shape index (κ3) is 2.21. The molecule has 0 unspecified atom stereocenters. The maximum atomic E-state index is 9.45. The van der Waals surface area contributed by atoms with Crippen LogP contribution in [0.1, 0.15) is 19.3 Å². The molecule has 2 heteroatoms. The molecule has 0 bridgehead atoms. The molecule has 1 aliphatic rings. The summed E-state index contributed by atoms with van der Waals surface area (Å²) in [5.74, 6) is 1.94. The van der Waals surface area contributed by atoms with Crippen LogP contribution < -0.4 is 4.74 Å². The van der Waals surface area contributed by atoms with Crippen molar-refractivity contribution in [1.29, 1.82) is 0 Å². The van der Waals surface area contributed by atoms with E-state index >= 15 is 0 Å². The third-order valence-electron chi connectivity index (χ3n) is 3.51. The molecule has 0 aromatic heterocycles. The largest absolute Gasteiger partial charge is 0.508 e. The summed E-state index contributed by atoms with van der Waals surface area (Å²) in [5.41, 5.74) is 0. The van der Waals surface area contributed by atoms with E-state index in [1.165, 1.54) is 19.3 Å². The maximum Gasteiger partial charge on any atom is 0.119 e. The molecule has 1 saturated carbocycles. The molecule has 0 heterocycles. The Bertz CT molecular complexity index is 529. The molecule has 0 saturated heterocycles. The summed E-state index contributed by atoms with van der Waals surface area (Å²) >= 11 is 0. The van der Waals surface area contributed by atoms with E-state index in [0.29, 0.717) is 5.75 Å². The summed E-state index contributed by atoms with van der Waals surface area (Å²) in [4.78, 5) is 0. The fourth-order valence-electron chi connectivity index (χ4n) is 2.18. The Morgan fingerprint density at radius 3 is 2.65 bits per heavy atom. The van der Waals surface area contributed by atoms with Crippen LogP contribution in [0.5, 0.6) is 11.5 Å². The summed E-state index contributed by atoms with van der Waals surface area (Å²) < 4.78 is 5.78. The van der Waals surface area contributed by atoms with Gasteiger partial charge in [-0.1, -0.05) is 18.6 Å². The average Bonchev–Trinajstić information content (AvgIpc) is 2.26. The number of fused-ring (bicyclic) bond motifs is 1. The van der Waals surface area contributed by atoms with E-state index in [9.17, 15) is 5.11 Å². The predicted octanol–water partition coefficient (Wildman–Crippen LogP) is 3.72. The number of ether oxygens (including phenoxy) is 1. The first-order chi connectivity index (χ1) is 8.31. The Labute approximate surface area is 101 Å². The highest BCUT2D eigenvalue weighted by Gasteiger charge is 2.17. The van der Waals surface area contributed by atoms with Crippen LogP contribution in [0.15, 0.2) is 36.4 Å². The molecule has 1 aliphatic carbocycles. The summed E-state index contributed by atoms with van der Waals surface area (Å²) in [7, 11) is 0. The second-order valence-corrected chi connectivity index (χ2v) is 4.80. The molecule has 88 valence electrons. The van der Waals surface area contributed by atoms with Gasteiger partial charge in [0.1, 0.15) is 11.5 Å². The van der Waals surface area contributed by atoms with E-state index in [1.54, 1.807) is 12.1 Å². The van der Waals surface area contributed by atoms with Crippen LogP contribution in [0.2, 0.25) is 0 Å². The highest BCUT2D eigenvalue weighted by Crippen LogP contribution is 2.28. The van der Waals surface area contributed by atoms with Crippen LogP contribution in [0.4, 0.5) is 0 Å². The van der Waals surface area contributed by atoms with Crippen LogP contribution in [0.3, 0.4) is 0 Å². The monoisotopic (exact) mass is 228 g/mol. The minimum atomic E-state index is 0.300. The number of aromatic hydroxyl groups is 1. The van der Waals surface area contributed by atoms with Gasteiger partial charge in [-0.05, 0) is 53.8 Å². The zero-order valence-electron chi connectivity index (χ0n) is 9.73. The molecule has 1 N–H and O–H groups in total. The van der Waals surface area contributed by atoms with Crippen molar-refractivity contribution in [2.75, 3.05) is 6.61 Å². The number of benzene rings is 2. The first-order valence-corrected chi connectivity index (χ1v) is 6.17. The van der Waals surface area contributed by atoms with Crippen LogP contribution >= 0.6 is 0 Å². The lowest BCUT2D eigenvalue weighted by molar-refractivity contribution is 0.181. The molecular formula is C15H16O2. The van der Waals surface area contributed by atoms with Crippen molar-refractivity contribution in [3.8, 4) is 11.5 Å². The molecule has 3 rings (SSSR count). The summed E-state index contributed by atoms with van der Waals surface area (Å²) in [6.45, 7) is 0.824. The number of phenols is 1. The van der Waals surface area contributed by atoms with Crippen molar-refractivity contribution in [3.05, 3.63) is 36.4 Å². The van der Waals surface area contributed by atoms with Crippen molar-refractivity contribution in [3.63, 3.8) is 0 Å². The average molecular weight is 228 g/mol. The molecule has 0 spiro atoms. The summed E-state index contributed by atoms with van der Waals surface area (Å²) in [6, 6.07) is 11.4. The third-order valence-corrected chi connectivity index (χ3v) is 3.51. The van der Waals surface area contributed by atoms with E-state index < -0.39 is 0 Å². The van der Waals surface area contributed by atoms with Gasteiger partial charge in [0.25, 0.3) is 0 Å². The van der Waals surface area contributed by atoms with E-state index in [-0.39, 0.29) is 0 Å². The van der Waals surface area contributed by atoms with Crippen LogP contribution in [-0.4, -0.2) is 11.7 Å². The number of hydrogen-bond acceptors (Lipinski definition) is 2. The van der Waals surface area contributed by atoms with Crippen molar-refractivity contribution in [1.82, 2.24) is 0 Å². The molecule has 0 aliphatic heterocycles. The van der Waals surface area contributed by atoms with E-state index in [1.807, 2.05) is 24.3 Å². The van der Waals surface area contributed by atoms with Gasteiger partial charge in [-0.25, -0.2) is 0 Å². The Morgan fingerprint density at radius 1 is 1.06 bits per heavy atom. The SMILES string of the molecule is Oc1ccc2ccc(OCC3CCC3)cc2c1. The second-order valence-electron chi connectivity index (χ2n) is 4.80. The summed E-state index contributed by atoms with van der Waals surface area (Å²) in [5, 5.41) is 11.6. The first-order valence-electron chi connectivity index (χ1n) is 6.17. The van der Waals surface area contributed by atoms with Crippen molar-refractivity contribution < 1.29 is 9.84 Å². The van der Waals surface area contributed by atoms with Gasteiger partial charge in [0.15, 0.2) is 0 Å². The van der Waals surface area contributed by atoms with Crippen molar-refractivity contribution >= 4 is 10.8 Å². The summed E-state index contributed by atoms with van der Waals surface area (Å²) in [6.07, 6.45) is 3.95. The van der Waals surface area contributed by atoms with Gasteiger partial charge in [0.05, 0.1) is 6.61 Å². The molecule has 2 aromatic carbocycles. The number of rotatable bonds is 3. The molecular weight excluding hydrogens is 212 g/mol. The van der Waals surface area contributed by atoms with Crippen molar-refractivity contribution in [2.24, 2.45) is 5.92 Å². The molecule has 0 radical (unpaired) electrons. The van der Waals surface area contributed by atoms with Gasteiger partial charge in [-0.2, -0.15) is 0 Å². The molecule has 0 amide bonds. The number of phenolic OH excluding ortho intramolecular Hbond substituents is 1. The number of hydrogen-bond donors (Lipinski definition) is 1. The van der Waals surface area contributed by atoms with Crippen molar-refractivity contribution in [2.45, 2.75) is 19.3 Å². The van der Waals surface area contributed by atoms with Gasteiger partial charge >= 0.3 is 0 Å². The van der Waals surface area contributed by atoms with Crippen LogP contribution in [0, 0.1) is 5.92 Å². The van der Waals surface area contributed by atoms with E-state index in [0.717, 1.165) is 29.0 Å². The van der Waals surface area contributed by atoms with Gasteiger partial charge in [0.2, 0.25) is 0 Å². The topological polar surface area (TPSA) is 29.5 Å². The van der Waals surface area contributed by atoms with E-state index in [4.69, 9.17) is 4.74 Å². The zero-order valence-corrected chi connectivity index (χ0v) is 9.73. The highest BCUT2D eigenvalue weighted by molar-refractivity contribution is 5.85. The smallest absolute Gasteiger partial charge is 0.119 e. The van der Waals surface area contributed by atoms with Gasteiger partial charge in [-0.3, -0.25) is 0 Å². The second kappa shape index (κ2) is 4.28. The molecule has 17 heavy (non-hydrogen) atoms. The van der Waals surface area contributed by atoms with Crippen LogP contribution in [0.25, 0.3) is 10.8 Å². The lowest BCUT2D eigenvalue weighted by atomic mass is 9.86. The molecule has 2 nitrogen and oxygen atoms in total. The molecule has 1 fully saturated rings. The molecule has 0 atom stereocenters. The van der Waals surface area contributed by atoms with Gasteiger partial charge in [-0.15, -0.1) is 0 Å². The highest BCUT2D eigenvalue weighted by atomic mass is 16.5.